The van der Waals surface area contributed by atoms with Crippen molar-refractivity contribution in [2.24, 2.45) is 0 Å². The number of methoxy groups -OCH3 is 3. The van der Waals surface area contributed by atoms with Crippen LogP contribution in [0.3, 0.4) is 0 Å². The van der Waals surface area contributed by atoms with E-state index in [-0.39, 0.29) is 11.4 Å². The Balaban J connectivity index is 2.20. The molecule has 2 aromatic rings. The molecule has 0 amide bonds. The minimum Gasteiger partial charge on any atom is -0.497 e. The summed E-state index contributed by atoms with van der Waals surface area (Å²) in [5, 5.41) is 0. The predicted octanol–water partition coefficient (Wildman–Crippen LogP) is 2.68. The zero-order valence-electron chi connectivity index (χ0n) is 14.8. The summed E-state index contributed by atoms with van der Waals surface area (Å²) < 4.78 is 43.7. The molecule has 2 aromatic carbocycles. The van der Waals surface area contributed by atoms with Crippen LogP contribution < -0.4 is 14.2 Å². The summed E-state index contributed by atoms with van der Waals surface area (Å²) in [6.07, 6.45) is -0.468. The van der Waals surface area contributed by atoms with Crippen molar-refractivity contribution >= 4 is 10.0 Å². The average Bonchev–Trinajstić information content (AvgIpc) is 2.62. The lowest BCUT2D eigenvalue weighted by Crippen LogP contribution is -2.30. The van der Waals surface area contributed by atoms with Crippen molar-refractivity contribution in [1.82, 2.24) is 4.72 Å². The normalized spacial score (nSPS) is 12.6. The summed E-state index contributed by atoms with van der Waals surface area (Å²) in [7, 11) is 0.962. The Bertz CT molecular complexity index is 820. The van der Waals surface area contributed by atoms with Crippen LogP contribution in [0.4, 0.5) is 0 Å². The minimum absolute atomic E-state index is 0.0880. The van der Waals surface area contributed by atoms with E-state index in [0.717, 1.165) is 5.56 Å². The molecule has 1 atom stereocenters. The Hall–Kier alpha value is -2.09. The molecule has 2 rings (SSSR count). The van der Waals surface area contributed by atoms with E-state index in [1.165, 1.54) is 20.3 Å². The summed E-state index contributed by atoms with van der Waals surface area (Å²) >= 11 is 0. The highest BCUT2D eigenvalue weighted by atomic mass is 32.2. The maximum Gasteiger partial charge on any atom is 0.240 e. The maximum atomic E-state index is 12.6. The summed E-state index contributed by atoms with van der Waals surface area (Å²) in [6.45, 7) is 1.82. The van der Waals surface area contributed by atoms with Crippen LogP contribution in [0, 0.1) is 6.92 Å². The first-order valence-electron chi connectivity index (χ1n) is 7.73. The lowest BCUT2D eigenvalue weighted by molar-refractivity contribution is 0.105. The molecule has 0 aliphatic carbocycles. The first-order chi connectivity index (χ1) is 11.9. The quantitative estimate of drug-likeness (QED) is 0.779. The third kappa shape index (κ3) is 4.50. The summed E-state index contributed by atoms with van der Waals surface area (Å²) in [4.78, 5) is 0.211. The molecule has 1 N–H and O–H groups in total. The summed E-state index contributed by atoms with van der Waals surface area (Å²) in [6, 6.07) is 12.2. The van der Waals surface area contributed by atoms with Gasteiger partial charge in [0.1, 0.15) is 11.5 Å². The number of ether oxygens (including phenoxy) is 3. The van der Waals surface area contributed by atoms with Gasteiger partial charge in [0.25, 0.3) is 0 Å². The van der Waals surface area contributed by atoms with E-state index in [9.17, 15) is 8.42 Å². The van der Waals surface area contributed by atoms with Crippen molar-refractivity contribution in [2.45, 2.75) is 17.9 Å². The van der Waals surface area contributed by atoms with Crippen molar-refractivity contribution in [3.63, 3.8) is 0 Å². The molecule has 0 unspecified atom stereocenters. The van der Waals surface area contributed by atoms with Crippen LogP contribution in [0.5, 0.6) is 11.5 Å². The Morgan fingerprint density at radius 1 is 1.04 bits per heavy atom. The van der Waals surface area contributed by atoms with Crippen LogP contribution in [0.1, 0.15) is 17.2 Å². The molecule has 0 heterocycles. The van der Waals surface area contributed by atoms with Gasteiger partial charge in [-0.2, -0.15) is 0 Å². The van der Waals surface area contributed by atoms with Gasteiger partial charge >= 0.3 is 0 Å². The van der Waals surface area contributed by atoms with Gasteiger partial charge in [0.05, 0.1) is 25.2 Å². The molecule has 7 heteroatoms. The Morgan fingerprint density at radius 2 is 1.76 bits per heavy atom. The number of para-hydroxylation sites is 1. The Morgan fingerprint density at radius 3 is 2.36 bits per heavy atom. The van der Waals surface area contributed by atoms with E-state index in [1.54, 1.807) is 26.2 Å². The van der Waals surface area contributed by atoms with Gasteiger partial charge in [0.2, 0.25) is 10.0 Å². The van der Waals surface area contributed by atoms with Gasteiger partial charge < -0.3 is 14.2 Å². The van der Waals surface area contributed by atoms with Crippen molar-refractivity contribution < 1.29 is 22.6 Å². The van der Waals surface area contributed by atoms with E-state index in [2.05, 4.69) is 4.72 Å². The number of nitrogens with one attached hydrogen (secondary N) is 1. The van der Waals surface area contributed by atoms with Gasteiger partial charge in [-0.15, -0.1) is 0 Å². The van der Waals surface area contributed by atoms with E-state index >= 15 is 0 Å². The molecular formula is C18H23NO5S. The molecule has 25 heavy (non-hydrogen) atoms. The monoisotopic (exact) mass is 365 g/mol. The fraction of sp³-hybridized carbons (Fsp3) is 0.333. The molecule has 0 saturated carbocycles. The zero-order chi connectivity index (χ0) is 18.4. The highest BCUT2D eigenvalue weighted by molar-refractivity contribution is 7.89. The fourth-order valence-corrected chi connectivity index (χ4v) is 3.82. The third-order valence-electron chi connectivity index (χ3n) is 3.90. The van der Waals surface area contributed by atoms with E-state index in [4.69, 9.17) is 14.2 Å². The van der Waals surface area contributed by atoms with Crippen LogP contribution in [0.2, 0.25) is 0 Å². The number of hydrogen-bond donors (Lipinski definition) is 1. The number of rotatable bonds is 8. The van der Waals surface area contributed by atoms with E-state index in [1.807, 2.05) is 24.3 Å². The van der Waals surface area contributed by atoms with Gasteiger partial charge in [0.15, 0.2) is 0 Å². The van der Waals surface area contributed by atoms with Crippen LogP contribution in [0.25, 0.3) is 0 Å². The largest absolute Gasteiger partial charge is 0.497 e. The zero-order valence-corrected chi connectivity index (χ0v) is 15.6. The highest BCUT2D eigenvalue weighted by Crippen LogP contribution is 2.27. The lowest BCUT2D eigenvalue weighted by Gasteiger charge is -2.19. The minimum atomic E-state index is -3.68. The van der Waals surface area contributed by atoms with Crippen molar-refractivity contribution in [3.8, 4) is 11.5 Å². The van der Waals surface area contributed by atoms with Crippen LogP contribution in [0.15, 0.2) is 47.4 Å². The van der Waals surface area contributed by atoms with Crippen LogP contribution >= 0.6 is 0 Å². The maximum absolute atomic E-state index is 12.6. The molecule has 0 aliphatic rings. The molecule has 0 bridgehead atoms. The molecule has 0 aromatic heterocycles. The molecule has 0 saturated heterocycles. The molecule has 136 valence electrons. The third-order valence-corrected chi connectivity index (χ3v) is 5.48. The van der Waals surface area contributed by atoms with Crippen LogP contribution in [-0.4, -0.2) is 36.3 Å². The van der Waals surface area contributed by atoms with Gasteiger partial charge in [-0.05, 0) is 36.8 Å². The predicted molar refractivity (Wildman–Crippen MR) is 95.7 cm³/mol. The molecule has 6 nitrogen and oxygen atoms in total. The number of hydrogen-bond acceptors (Lipinski definition) is 5. The van der Waals surface area contributed by atoms with Gasteiger partial charge in [0, 0.05) is 19.2 Å². The fourth-order valence-electron chi connectivity index (χ4n) is 2.57. The molecular weight excluding hydrogens is 342 g/mol. The smallest absolute Gasteiger partial charge is 0.240 e. The molecule has 0 spiro atoms. The Labute approximate surface area is 148 Å². The second-order valence-corrected chi connectivity index (χ2v) is 7.18. The standard InChI is InChI=1S/C18H23NO5S/c1-13-11-14(22-2)9-10-18(13)25(20,21)19-12-17(24-4)15-7-5-6-8-16(15)23-3/h5-11,17,19H,12H2,1-4H3/t17-/m1/s1. The average molecular weight is 365 g/mol. The number of aryl methyl sites for hydroxylation is 1. The molecule has 0 aliphatic heterocycles. The number of benzene rings is 2. The second-order valence-electron chi connectivity index (χ2n) is 5.45. The van der Waals surface area contributed by atoms with E-state index in [0.29, 0.717) is 17.1 Å². The molecule has 0 radical (unpaired) electrons. The summed E-state index contributed by atoms with van der Waals surface area (Å²) in [5.41, 5.74) is 1.39. The van der Waals surface area contributed by atoms with Gasteiger partial charge in [-0.3, -0.25) is 0 Å². The van der Waals surface area contributed by atoms with Crippen molar-refractivity contribution in [1.29, 1.82) is 0 Å². The van der Waals surface area contributed by atoms with E-state index < -0.39 is 16.1 Å². The molecule has 0 fully saturated rings. The summed E-state index contributed by atoms with van der Waals surface area (Å²) in [5.74, 6) is 1.26. The van der Waals surface area contributed by atoms with Gasteiger partial charge in [-0.25, -0.2) is 13.1 Å². The number of sulfonamides is 1. The topological polar surface area (TPSA) is 73.9 Å². The SMILES string of the molecule is COc1ccc(S(=O)(=O)NC[C@@H](OC)c2ccccc2OC)c(C)c1. The first-order valence-corrected chi connectivity index (χ1v) is 9.21. The Kier molecular flexibility index (Phi) is 6.41. The van der Waals surface area contributed by atoms with Gasteiger partial charge in [-0.1, -0.05) is 18.2 Å². The second kappa shape index (κ2) is 8.33. The van der Waals surface area contributed by atoms with Crippen LogP contribution in [-0.2, 0) is 14.8 Å². The highest BCUT2D eigenvalue weighted by Gasteiger charge is 2.21. The van der Waals surface area contributed by atoms with Crippen molar-refractivity contribution in [3.05, 3.63) is 53.6 Å². The van der Waals surface area contributed by atoms with Crippen molar-refractivity contribution in [2.75, 3.05) is 27.9 Å². The lowest BCUT2D eigenvalue weighted by atomic mass is 10.1. The first kappa shape index (κ1) is 19.2.